The summed E-state index contributed by atoms with van der Waals surface area (Å²) in [5, 5.41) is 0. The lowest BCUT2D eigenvalue weighted by Gasteiger charge is -2.09. The van der Waals surface area contributed by atoms with Gasteiger partial charge in [-0.15, -0.1) is 0 Å². The molecule has 0 bridgehead atoms. The summed E-state index contributed by atoms with van der Waals surface area (Å²) in [7, 11) is 0. The van der Waals surface area contributed by atoms with E-state index in [1.807, 2.05) is 72.8 Å². The van der Waals surface area contributed by atoms with E-state index >= 15 is 0 Å². The minimum Gasteiger partial charge on any atom is -0.492 e. The van der Waals surface area contributed by atoms with Gasteiger partial charge >= 0.3 is 0 Å². The molecule has 0 spiro atoms. The van der Waals surface area contributed by atoms with Crippen molar-refractivity contribution in [2.75, 3.05) is 6.61 Å². The van der Waals surface area contributed by atoms with E-state index in [0.29, 0.717) is 13.2 Å². The van der Waals surface area contributed by atoms with E-state index in [-0.39, 0.29) is 0 Å². The van der Waals surface area contributed by atoms with Gasteiger partial charge in [0.05, 0.1) is 23.8 Å². The first-order valence-electron chi connectivity index (χ1n) is 8.25. The zero-order valence-electron chi connectivity index (χ0n) is 13.7. The highest BCUT2D eigenvalue weighted by atomic mass is 16.5. The first-order chi connectivity index (χ1) is 12.4. The molecule has 0 unspecified atom stereocenters. The number of hydrogen-bond donors (Lipinski definition) is 0. The molecule has 0 aliphatic rings. The van der Waals surface area contributed by atoms with Gasteiger partial charge in [-0.1, -0.05) is 30.3 Å². The summed E-state index contributed by atoms with van der Waals surface area (Å²) in [5.41, 5.74) is 2.07. The monoisotopic (exact) mass is 330 g/mol. The molecule has 0 atom stereocenters. The van der Waals surface area contributed by atoms with Crippen LogP contribution < -0.4 is 4.74 Å². The third kappa shape index (κ3) is 3.48. The molecule has 2 aromatic carbocycles. The number of benzene rings is 2. The second-order valence-corrected chi connectivity index (χ2v) is 5.62. The van der Waals surface area contributed by atoms with Crippen molar-refractivity contribution in [2.45, 2.75) is 6.54 Å². The number of furan rings is 1. The van der Waals surface area contributed by atoms with Crippen LogP contribution in [-0.4, -0.2) is 16.2 Å². The normalized spacial score (nSPS) is 11.4. The average molecular weight is 330 g/mol. The van der Waals surface area contributed by atoms with E-state index in [4.69, 9.17) is 14.1 Å². The summed E-state index contributed by atoms with van der Waals surface area (Å²) in [6.07, 6.45) is 5.56. The van der Waals surface area contributed by atoms with Gasteiger partial charge in [0, 0.05) is 0 Å². The van der Waals surface area contributed by atoms with Gasteiger partial charge in [0.25, 0.3) is 0 Å². The third-order valence-corrected chi connectivity index (χ3v) is 3.95. The molecule has 0 aliphatic carbocycles. The lowest BCUT2D eigenvalue weighted by atomic mass is 10.3. The predicted octanol–water partition coefficient (Wildman–Crippen LogP) is 4.88. The fourth-order valence-corrected chi connectivity index (χ4v) is 2.77. The molecule has 4 nitrogen and oxygen atoms in total. The van der Waals surface area contributed by atoms with Crippen LogP contribution in [0, 0.1) is 0 Å². The lowest BCUT2D eigenvalue weighted by Crippen LogP contribution is -2.09. The number of ether oxygens (including phenoxy) is 1. The molecule has 2 heterocycles. The standard InChI is InChI=1S/C21H18N2O2/c1-2-7-17(8-3-1)25-16-14-23-20-11-5-4-10-19(20)22-21(23)13-12-18-9-6-15-24-18/h1-13,15H,14,16H2/b13-12+. The number of hydrogen-bond acceptors (Lipinski definition) is 3. The van der Waals surface area contributed by atoms with E-state index in [9.17, 15) is 0 Å². The number of aromatic nitrogens is 2. The van der Waals surface area contributed by atoms with E-state index in [0.717, 1.165) is 28.4 Å². The number of imidazole rings is 1. The topological polar surface area (TPSA) is 40.2 Å². The van der Waals surface area contributed by atoms with E-state index in [2.05, 4.69) is 10.6 Å². The maximum Gasteiger partial charge on any atom is 0.134 e. The molecular weight excluding hydrogens is 312 g/mol. The lowest BCUT2D eigenvalue weighted by molar-refractivity contribution is 0.300. The van der Waals surface area contributed by atoms with Crippen LogP contribution in [0.3, 0.4) is 0 Å². The number of nitrogens with zero attached hydrogens (tertiary/aromatic N) is 2. The quantitative estimate of drug-likeness (QED) is 0.506. The van der Waals surface area contributed by atoms with Crippen molar-refractivity contribution < 1.29 is 9.15 Å². The number of para-hydroxylation sites is 3. The Bertz CT molecular complexity index is 970. The van der Waals surface area contributed by atoms with Gasteiger partial charge in [-0.05, 0) is 48.6 Å². The molecule has 0 radical (unpaired) electrons. The van der Waals surface area contributed by atoms with Crippen molar-refractivity contribution in [1.82, 2.24) is 9.55 Å². The van der Waals surface area contributed by atoms with Crippen LogP contribution in [0.5, 0.6) is 5.75 Å². The van der Waals surface area contributed by atoms with Crippen LogP contribution >= 0.6 is 0 Å². The Balaban J connectivity index is 1.58. The van der Waals surface area contributed by atoms with Crippen LogP contribution in [0.1, 0.15) is 11.6 Å². The molecule has 0 aliphatic heterocycles. The van der Waals surface area contributed by atoms with Gasteiger partial charge in [0.1, 0.15) is 23.9 Å². The molecule has 25 heavy (non-hydrogen) atoms. The van der Waals surface area contributed by atoms with Gasteiger partial charge in [0.15, 0.2) is 0 Å². The highest BCUT2D eigenvalue weighted by molar-refractivity contribution is 5.79. The van der Waals surface area contributed by atoms with Gasteiger partial charge < -0.3 is 13.7 Å². The Morgan fingerprint density at radius 1 is 0.920 bits per heavy atom. The first-order valence-corrected chi connectivity index (χ1v) is 8.25. The molecule has 124 valence electrons. The fraction of sp³-hybridized carbons (Fsp3) is 0.0952. The van der Waals surface area contributed by atoms with Gasteiger partial charge in [0.2, 0.25) is 0 Å². The summed E-state index contributed by atoms with van der Waals surface area (Å²) >= 11 is 0. The van der Waals surface area contributed by atoms with Gasteiger partial charge in [-0.2, -0.15) is 0 Å². The van der Waals surface area contributed by atoms with Crippen LogP contribution in [0.2, 0.25) is 0 Å². The largest absolute Gasteiger partial charge is 0.492 e. The molecule has 0 saturated carbocycles. The molecule has 0 N–H and O–H groups in total. The number of fused-ring (bicyclic) bond motifs is 1. The molecule has 0 fully saturated rings. The van der Waals surface area contributed by atoms with E-state index in [1.165, 1.54) is 0 Å². The molecule has 4 aromatic rings. The van der Waals surface area contributed by atoms with Crippen LogP contribution in [0.4, 0.5) is 0 Å². The van der Waals surface area contributed by atoms with Crippen molar-refractivity contribution >= 4 is 23.2 Å². The molecule has 4 rings (SSSR count). The fourth-order valence-electron chi connectivity index (χ4n) is 2.77. The smallest absolute Gasteiger partial charge is 0.134 e. The maximum absolute atomic E-state index is 5.84. The van der Waals surface area contributed by atoms with Gasteiger partial charge in [-0.25, -0.2) is 4.98 Å². The van der Waals surface area contributed by atoms with Gasteiger partial charge in [-0.3, -0.25) is 0 Å². The Labute approximate surface area is 146 Å². The zero-order valence-corrected chi connectivity index (χ0v) is 13.7. The first kappa shape index (κ1) is 15.3. The second-order valence-electron chi connectivity index (χ2n) is 5.62. The maximum atomic E-state index is 5.84. The van der Waals surface area contributed by atoms with Crippen LogP contribution in [0.15, 0.2) is 77.4 Å². The molecule has 0 saturated heterocycles. The third-order valence-electron chi connectivity index (χ3n) is 3.95. The van der Waals surface area contributed by atoms with Crippen molar-refractivity contribution in [1.29, 1.82) is 0 Å². The number of rotatable bonds is 6. The van der Waals surface area contributed by atoms with Crippen LogP contribution in [-0.2, 0) is 6.54 Å². The summed E-state index contributed by atoms with van der Waals surface area (Å²) in [4.78, 5) is 4.72. The van der Waals surface area contributed by atoms with Crippen molar-refractivity contribution in [3.05, 3.63) is 84.6 Å². The Morgan fingerprint density at radius 3 is 2.60 bits per heavy atom. The SMILES string of the molecule is C(=C\c1nc2ccccc2n1CCOc1ccccc1)/c1ccco1. The summed E-state index contributed by atoms with van der Waals surface area (Å²) < 4.78 is 13.4. The predicted molar refractivity (Wildman–Crippen MR) is 99.3 cm³/mol. The molecular formula is C21H18N2O2. The van der Waals surface area contributed by atoms with Crippen LogP contribution in [0.25, 0.3) is 23.2 Å². The Hall–Kier alpha value is -3.27. The van der Waals surface area contributed by atoms with Crippen molar-refractivity contribution in [2.24, 2.45) is 0 Å². The minimum absolute atomic E-state index is 0.575. The molecule has 0 amide bonds. The Kier molecular flexibility index (Phi) is 4.33. The average Bonchev–Trinajstić information content (AvgIpc) is 3.29. The highest BCUT2D eigenvalue weighted by Crippen LogP contribution is 2.18. The van der Waals surface area contributed by atoms with Crippen molar-refractivity contribution in [3.63, 3.8) is 0 Å². The van der Waals surface area contributed by atoms with E-state index < -0.39 is 0 Å². The summed E-state index contributed by atoms with van der Waals surface area (Å²) in [5.74, 6) is 2.56. The minimum atomic E-state index is 0.575. The highest BCUT2D eigenvalue weighted by Gasteiger charge is 2.08. The molecule has 4 heteroatoms. The molecule has 2 aromatic heterocycles. The van der Waals surface area contributed by atoms with Crippen molar-refractivity contribution in [3.8, 4) is 5.75 Å². The van der Waals surface area contributed by atoms with E-state index in [1.54, 1.807) is 6.26 Å². The summed E-state index contributed by atoms with van der Waals surface area (Å²) in [6.45, 7) is 1.29. The summed E-state index contributed by atoms with van der Waals surface area (Å²) in [6, 6.07) is 21.8. The second kappa shape index (κ2) is 7.09. The zero-order chi connectivity index (χ0) is 16.9. The Morgan fingerprint density at radius 2 is 1.76 bits per heavy atom.